The summed E-state index contributed by atoms with van der Waals surface area (Å²) < 4.78 is 0. The molecule has 78 valence electrons. The first-order chi connectivity index (χ1) is 7.76. The molecule has 0 amide bonds. The van der Waals surface area contributed by atoms with Crippen molar-refractivity contribution in [3.8, 4) is 12.1 Å². The van der Waals surface area contributed by atoms with Crippen molar-refractivity contribution >= 4 is 5.78 Å². The smallest absolute Gasteiger partial charge is 0.195 e. The van der Waals surface area contributed by atoms with Crippen LogP contribution in [0.25, 0.3) is 0 Å². The third-order valence-electron chi connectivity index (χ3n) is 2.90. The maximum Gasteiger partial charge on any atom is 0.195 e. The summed E-state index contributed by atoms with van der Waals surface area (Å²) in [5, 5.41) is 17.3. The number of hydrogen-bond donors (Lipinski definition) is 0. The minimum Gasteiger partial charge on any atom is -0.291 e. The molecule has 0 atom stereocenters. The van der Waals surface area contributed by atoms with Crippen molar-refractivity contribution in [2.75, 3.05) is 0 Å². The number of nitriles is 2. The molecular weight excluding hydrogens is 200 g/mol. The van der Waals surface area contributed by atoms with Crippen LogP contribution >= 0.6 is 0 Å². The van der Waals surface area contributed by atoms with E-state index in [2.05, 4.69) is 0 Å². The first kappa shape index (κ1) is 10.4. The number of benzene rings is 1. The quantitative estimate of drug-likeness (QED) is 0.701. The molecule has 0 saturated heterocycles. The second kappa shape index (κ2) is 4.16. The van der Waals surface area contributed by atoms with E-state index in [9.17, 15) is 4.79 Å². The predicted molar refractivity (Wildman–Crippen MR) is 57.5 cm³/mol. The zero-order valence-electron chi connectivity index (χ0n) is 8.73. The summed E-state index contributed by atoms with van der Waals surface area (Å²) in [4.78, 5) is 11.8. The zero-order chi connectivity index (χ0) is 11.5. The van der Waals surface area contributed by atoms with Gasteiger partial charge in [-0.3, -0.25) is 4.79 Å². The fraction of sp³-hybridized carbons (Fsp3) is 0.308. The molecule has 0 unspecified atom stereocenters. The molecule has 1 aromatic rings. The van der Waals surface area contributed by atoms with Crippen LogP contribution in [0, 0.1) is 28.6 Å². The van der Waals surface area contributed by atoms with E-state index in [0.717, 1.165) is 19.3 Å². The van der Waals surface area contributed by atoms with Crippen LogP contribution in [0.1, 0.15) is 27.9 Å². The maximum absolute atomic E-state index is 11.8. The van der Waals surface area contributed by atoms with Gasteiger partial charge in [-0.2, -0.15) is 10.5 Å². The van der Waals surface area contributed by atoms with E-state index in [0.29, 0.717) is 5.56 Å². The number of Topliss-reactive ketones (excluding diaryl/α,β-unsaturated/α-hetero) is 1. The Morgan fingerprint density at radius 2 is 1.88 bits per heavy atom. The lowest BCUT2D eigenvalue weighted by molar-refractivity contribution is 0.0971. The average molecular weight is 210 g/mol. The third-order valence-corrected chi connectivity index (χ3v) is 2.90. The highest BCUT2D eigenvalue weighted by atomic mass is 16.1. The molecule has 0 heterocycles. The number of ketones is 1. The molecule has 0 aliphatic heterocycles. The lowest BCUT2D eigenvalue weighted by Crippen LogP contribution is -2.11. The fourth-order valence-electron chi connectivity index (χ4n) is 2.04. The summed E-state index contributed by atoms with van der Waals surface area (Å²) in [6.45, 7) is 0. The average Bonchev–Trinajstić information content (AvgIpc) is 2.77. The van der Waals surface area contributed by atoms with Crippen LogP contribution in [-0.2, 0) is 12.8 Å². The number of fused-ring (bicyclic) bond motifs is 1. The molecule has 2 rings (SSSR count). The van der Waals surface area contributed by atoms with Crippen molar-refractivity contribution in [1.29, 1.82) is 10.5 Å². The minimum atomic E-state index is -1.18. The SMILES string of the molecule is N#CC(C#N)C(=O)c1ccc2c(c1)CCC2. The summed E-state index contributed by atoms with van der Waals surface area (Å²) >= 11 is 0. The highest BCUT2D eigenvalue weighted by Gasteiger charge is 2.20. The zero-order valence-corrected chi connectivity index (χ0v) is 8.73. The van der Waals surface area contributed by atoms with Crippen LogP contribution in [-0.4, -0.2) is 5.78 Å². The maximum atomic E-state index is 11.8. The van der Waals surface area contributed by atoms with E-state index in [-0.39, 0.29) is 5.78 Å². The number of rotatable bonds is 2. The van der Waals surface area contributed by atoms with Crippen molar-refractivity contribution < 1.29 is 4.79 Å². The van der Waals surface area contributed by atoms with Crippen molar-refractivity contribution in [3.05, 3.63) is 34.9 Å². The van der Waals surface area contributed by atoms with Crippen molar-refractivity contribution in [3.63, 3.8) is 0 Å². The van der Waals surface area contributed by atoms with Crippen molar-refractivity contribution in [2.24, 2.45) is 5.92 Å². The molecule has 0 aromatic heterocycles. The lowest BCUT2D eigenvalue weighted by atomic mass is 9.97. The number of aryl methyl sites for hydroxylation is 2. The van der Waals surface area contributed by atoms with Crippen LogP contribution in [0.3, 0.4) is 0 Å². The van der Waals surface area contributed by atoms with Gasteiger partial charge in [0.2, 0.25) is 0 Å². The second-order valence-corrected chi connectivity index (χ2v) is 3.89. The summed E-state index contributed by atoms with van der Waals surface area (Å²) in [5.74, 6) is -1.57. The number of hydrogen-bond acceptors (Lipinski definition) is 3. The molecule has 0 saturated carbocycles. The van der Waals surface area contributed by atoms with Crippen molar-refractivity contribution in [2.45, 2.75) is 19.3 Å². The second-order valence-electron chi connectivity index (χ2n) is 3.89. The Morgan fingerprint density at radius 1 is 1.19 bits per heavy atom. The monoisotopic (exact) mass is 210 g/mol. The fourth-order valence-corrected chi connectivity index (χ4v) is 2.04. The Bertz CT molecular complexity index is 506. The van der Waals surface area contributed by atoms with Gasteiger partial charge in [0, 0.05) is 5.56 Å². The Labute approximate surface area is 93.9 Å². The normalized spacial score (nSPS) is 12.9. The van der Waals surface area contributed by atoms with E-state index < -0.39 is 5.92 Å². The molecule has 3 nitrogen and oxygen atoms in total. The van der Waals surface area contributed by atoms with E-state index in [1.54, 1.807) is 18.2 Å². The van der Waals surface area contributed by atoms with Gasteiger partial charge in [-0.05, 0) is 36.5 Å². The summed E-state index contributed by atoms with van der Waals surface area (Å²) in [5.41, 5.74) is 2.94. The highest BCUT2D eigenvalue weighted by molar-refractivity contribution is 6.01. The molecule has 1 aliphatic rings. The molecule has 0 N–H and O–H groups in total. The summed E-state index contributed by atoms with van der Waals surface area (Å²) in [6.07, 6.45) is 3.16. The van der Waals surface area contributed by atoms with Gasteiger partial charge in [0.15, 0.2) is 11.7 Å². The number of nitrogens with zero attached hydrogens (tertiary/aromatic N) is 2. The van der Waals surface area contributed by atoms with E-state index >= 15 is 0 Å². The van der Waals surface area contributed by atoms with Gasteiger partial charge in [-0.1, -0.05) is 12.1 Å². The van der Waals surface area contributed by atoms with Crippen LogP contribution in [0.2, 0.25) is 0 Å². The molecule has 16 heavy (non-hydrogen) atoms. The molecule has 0 spiro atoms. The van der Waals surface area contributed by atoms with Crippen molar-refractivity contribution in [1.82, 2.24) is 0 Å². The topological polar surface area (TPSA) is 64.7 Å². The van der Waals surface area contributed by atoms with Crippen LogP contribution in [0.15, 0.2) is 18.2 Å². The van der Waals surface area contributed by atoms with Gasteiger partial charge >= 0.3 is 0 Å². The first-order valence-corrected chi connectivity index (χ1v) is 5.21. The lowest BCUT2D eigenvalue weighted by Gasteiger charge is -2.03. The van der Waals surface area contributed by atoms with Gasteiger partial charge in [0.25, 0.3) is 0 Å². The molecule has 0 fully saturated rings. The Kier molecular flexibility index (Phi) is 2.70. The highest BCUT2D eigenvalue weighted by Crippen LogP contribution is 2.23. The predicted octanol–water partition coefficient (Wildman–Crippen LogP) is 2.02. The summed E-state index contributed by atoms with van der Waals surface area (Å²) in [6, 6.07) is 8.89. The summed E-state index contributed by atoms with van der Waals surface area (Å²) in [7, 11) is 0. The Balaban J connectivity index is 2.33. The van der Waals surface area contributed by atoms with Crippen LogP contribution in [0.4, 0.5) is 0 Å². The van der Waals surface area contributed by atoms with Gasteiger partial charge in [-0.15, -0.1) is 0 Å². The number of carbonyl (C=O) groups excluding carboxylic acids is 1. The molecule has 3 heteroatoms. The van der Waals surface area contributed by atoms with E-state index in [1.807, 2.05) is 12.1 Å². The molecule has 1 aliphatic carbocycles. The first-order valence-electron chi connectivity index (χ1n) is 5.21. The largest absolute Gasteiger partial charge is 0.291 e. The van der Waals surface area contributed by atoms with Gasteiger partial charge in [0.1, 0.15) is 0 Å². The Morgan fingerprint density at radius 3 is 2.56 bits per heavy atom. The van der Waals surface area contributed by atoms with E-state index in [1.165, 1.54) is 11.1 Å². The standard InChI is InChI=1S/C13H10N2O/c14-7-12(8-15)13(16)11-5-4-9-2-1-3-10(9)6-11/h4-6,12H,1-3H2. The van der Waals surface area contributed by atoms with Gasteiger partial charge in [0.05, 0.1) is 12.1 Å². The molecule has 0 bridgehead atoms. The molecule has 0 radical (unpaired) electrons. The minimum absolute atomic E-state index is 0.389. The van der Waals surface area contributed by atoms with Crippen LogP contribution in [0.5, 0.6) is 0 Å². The number of carbonyl (C=O) groups is 1. The molecular formula is C13H10N2O. The van der Waals surface area contributed by atoms with E-state index in [4.69, 9.17) is 10.5 Å². The van der Waals surface area contributed by atoms with Crippen LogP contribution < -0.4 is 0 Å². The molecule has 1 aromatic carbocycles. The third kappa shape index (κ3) is 1.68. The van der Waals surface area contributed by atoms with Gasteiger partial charge in [-0.25, -0.2) is 0 Å². The Hall–Kier alpha value is -2.13. The van der Waals surface area contributed by atoms with Gasteiger partial charge < -0.3 is 0 Å².